The van der Waals surface area contributed by atoms with Crippen LogP contribution in [0.5, 0.6) is 5.75 Å². The van der Waals surface area contributed by atoms with E-state index in [0.29, 0.717) is 5.92 Å². The Balaban J connectivity index is 1.59. The average molecular weight is 304 g/mol. The van der Waals surface area contributed by atoms with Gasteiger partial charge >= 0.3 is 0 Å². The van der Waals surface area contributed by atoms with Gasteiger partial charge in [-0.3, -0.25) is 0 Å². The van der Waals surface area contributed by atoms with Gasteiger partial charge in [0.25, 0.3) is 0 Å². The van der Waals surface area contributed by atoms with Crippen LogP contribution in [0.25, 0.3) is 0 Å². The van der Waals surface area contributed by atoms with E-state index in [-0.39, 0.29) is 6.10 Å². The highest BCUT2D eigenvalue weighted by atomic mass is 35.5. The molecule has 4 rings (SSSR count). The molecular formula is C17H18ClNO2. The van der Waals surface area contributed by atoms with Gasteiger partial charge in [-0.1, -0.05) is 11.6 Å². The normalized spacial score (nSPS) is 18.4. The first kappa shape index (κ1) is 13.2. The molecule has 1 N–H and O–H groups in total. The van der Waals surface area contributed by atoms with Gasteiger partial charge in [0, 0.05) is 29.4 Å². The molecular weight excluding hydrogens is 286 g/mol. The minimum Gasteiger partial charge on any atom is -0.493 e. The summed E-state index contributed by atoms with van der Waals surface area (Å²) >= 11 is 6.20. The number of halogens is 1. The van der Waals surface area contributed by atoms with Gasteiger partial charge in [-0.2, -0.15) is 0 Å². The summed E-state index contributed by atoms with van der Waals surface area (Å²) in [5.41, 5.74) is 3.32. The third-order valence-corrected chi connectivity index (χ3v) is 4.58. The zero-order valence-electron chi connectivity index (χ0n) is 11.8. The van der Waals surface area contributed by atoms with Crippen molar-refractivity contribution in [1.29, 1.82) is 0 Å². The van der Waals surface area contributed by atoms with Crippen molar-refractivity contribution in [2.75, 3.05) is 6.61 Å². The van der Waals surface area contributed by atoms with E-state index in [4.69, 9.17) is 16.3 Å². The molecule has 1 saturated carbocycles. The lowest BCUT2D eigenvalue weighted by molar-refractivity contribution is 0.154. The molecule has 110 valence electrons. The summed E-state index contributed by atoms with van der Waals surface area (Å²) in [6.07, 6.45) is 6.95. The molecule has 0 saturated heterocycles. The first-order valence-corrected chi connectivity index (χ1v) is 7.86. The van der Waals surface area contributed by atoms with Crippen molar-refractivity contribution in [2.45, 2.75) is 31.9 Å². The van der Waals surface area contributed by atoms with E-state index in [2.05, 4.69) is 4.57 Å². The Morgan fingerprint density at radius 3 is 3.05 bits per heavy atom. The highest BCUT2D eigenvalue weighted by Crippen LogP contribution is 2.41. The summed E-state index contributed by atoms with van der Waals surface area (Å²) in [7, 11) is 0. The number of rotatable bonds is 4. The zero-order valence-corrected chi connectivity index (χ0v) is 12.5. The third-order valence-electron chi connectivity index (χ3n) is 4.36. The van der Waals surface area contributed by atoms with E-state index in [0.717, 1.165) is 54.3 Å². The van der Waals surface area contributed by atoms with Gasteiger partial charge in [0.05, 0.1) is 19.3 Å². The number of hydrogen-bond acceptors (Lipinski definition) is 2. The SMILES string of the molecule is OC(c1ccn(Cc2cc(Cl)cc3c2OCC3)c1)C1CC1. The second kappa shape index (κ2) is 5.08. The van der Waals surface area contributed by atoms with Gasteiger partial charge < -0.3 is 14.4 Å². The second-order valence-electron chi connectivity index (χ2n) is 6.05. The molecule has 4 heteroatoms. The molecule has 2 heterocycles. The topological polar surface area (TPSA) is 34.4 Å². The molecule has 1 atom stereocenters. The molecule has 2 aliphatic rings. The summed E-state index contributed by atoms with van der Waals surface area (Å²) in [5.74, 6) is 1.44. The monoisotopic (exact) mass is 303 g/mol. The van der Waals surface area contributed by atoms with Crippen LogP contribution in [0.4, 0.5) is 0 Å². The molecule has 21 heavy (non-hydrogen) atoms. The Labute approximate surface area is 129 Å². The summed E-state index contributed by atoms with van der Waals surface area (Å²) in [6.45, 7) is 1.46. The van der Waals surface area contributed by atoms with E-state index < -0.39 is 0 Å². The maximum Gasteiger partial charge on any atom is 0.127 e. The van der Waals surface area contributed by atoms with Crippen LogP contribution in [-0.4, -0.2) is 16.3 Å². The van der Waals surface area contributed by atoms with E-state index in [1.807, 2.05) is 30.6 Å². The Bertz CT molecular complexity index is 675. The molecule has 1 aromatic carbocycles. The maximum atomic E-state index is 10.2. The van der Waals surface area contributed by atoms with Gasteiger partial charge in [0.1, 0.15) is 5.75 Å². The van der Waals surface area contributed by atoms with Crippen LogP contribution in [0.15, 0.2) is 30.6 Å². The quantitative estimate of drug-likeness (QED) is 0.937. The lowest BCUT2D eigenvalue weighted by Crippen LogP contribution is -2.01. The van der Waals surface area contributed by atoms with Crippen LogP contribution in [0, 0.1) is 5.92 Å². The predicted molar refractivity (Wildman–Crippen MR) is 81.9 cm³/mol. The lowest BCUT2D eigenvalue weighted by atomic mass is 10.1. The minimum atomic E-state index is -0.312. The molecule has 0 amide bonds. The smallest absolute Gasteiger partial charge is 0.127 e. The molecule has 1 unspecified atom stereocenters. The number of nitrogens with zero attached hydrogens (tertiary/aromatic N) is 1. The first-order chi connectivity index (χ1) is 10.2. The fraction of sp³-hybridized carbons (Fsp3) is 0.412. The Kier molecular flexibility index (Phi) is 3.20. The van der Waals surface area contributed by atoms with Crippen molar-refractivity contribution in [1.82, 2.24) is 4.57 Å². The van der Waals surface area contributed by atoms with Gasteiger partial charge in [-0.25, -0.2) is 0 Å². The standard InChI is InChI=1S/C17H18ClNO2/c18-15-7-12-4-6-21-17(12)14(8-15)10-19-5-3-13(9-19)16(20)11-1-2-11/h3,5,7-9,11,16,20H,1-2,4,6,10H2. The number of ether oxygens (including phenoxy) is 1. The largest absolute Gasteiger partial charge is 0.493 e. The van der Waals surface area contributed by atoms with E-state index in [1.165, 1.54) is 5.56 Å². The molecule has 2 aromatic rings. The summed E-state index contributed by atoms with van der Waals surface area (Å²) in [4.78, 5) is 0. The van der Waals surface area contributed by atoms with Gasteiger partial charge in [-0.05, 0) is 48.1 Å². The molecule has 1 aromatic heterocycles. The van der Waals surface area contributed by atoms with Crippen molar-refractivity contribution < 1.29 is 9.84 Å². The number of aromatic nitrogens is 1. The van der Waals surface area contributed by atoms with E-state index in [9.17, 15) is 5.11 Å². The number of aliphatic hydroxyl groups is 1. The van der Waals surface area contributed by atoms with E-state index >= 15 is 0 Å². The van der Waals surface area contributed by atoms with Gasteiger partial charge in [-0.15, -0.1) is 0 Å². The Morgan fingerprint density at radius 2 is 2.24 bits per heavy atom. The molecule has 3 nitrogen and oxygen atoms in total. The number of hydrogen-bond donors (Lipinski definition) is 1. The van der Waals surface area contributed by atoms with Crippen LogP contribution in [0.3, 0.4) is 0 Å². The van der Waals surface area contributed by atoms with E-state index in [1.54, 1.807) is 0 Å². The molecule has 0 bridgehead atoms. The Hall–Kier alpha value is -1.45. The molecule has 1 fully saturated rings. The van der Waals surface area contributed by atoms with Crippen molar-refractivity contribution in [2.24, 2.45) is 5.92 Å². The number of fused-ring (bicyclic) bond motifs is 1. The molecule has 0 radical (unpaired) electrons. The molecule has 1 aliphatic heterocycles. The second-order valence-corrected chi connectivity index (χ2v) is 6.49. The predicted octanol–water partition coefficient (Wildman–Crippen LogP) is 3.57. The maximum absolute atomic E-state index is 10.2. The lowest BCUT2D eigenvalue weighted by Gasteiger charge is -2.10. The molecule has 1 aliphatic carbocycles. The highest BCUT2D eigenvalue weighted by molar-refractivity contribution is 6.30. The van der Waals surface area contributed by atoms with Crippen molar-refractivity contribution in [3.63, 3.8) is 0 Å². The van der Waals surface area contributed by atoms with Crippen LogP contribution < -0.4 is 4.74 Å². The van der Waals surface area contributed by atoms with Gasteiger partial charge in [0.15, 0.2) is 0 Å². The van der Waals surface area contributed by atoms with Crippen LogP contribution >= 0.6 is 11.6 Å². The van der Waals surface area contributed by atoms with Crippen molar-refractivity contribution >= 4 is 11.6 Å². The Morgan fingerprint density at radius 1 is 1.38 bits per heavy atom. The minimum absolute atomic E-state index is 0.312. The summed E-state index contributed by atoms with van der Waals surface area (Å²) < 4.78 is 7.83. The van der Waals surface area contributed by atoms with Gasteiger partial charge in [0.2, 0.25) is 0 Å². The zero-order chi connectivity index (χ0) is 14.4. The average Bonchev–Trinajstić information content (AvgIpc) is 3.02. The molecule has 0 spiro atoms. The van der Waals surface area contributed by atoms with Crippen molar-refractivity contribution in [3.8, 4) is 5.75 Å². The number of benzene rings is 1. The van der Waals surface area contributed by atoms with Crippen LogP contribution in [0.2, 0.25) is 5.02 Å². The van der Waals surface area contributed by atoms with Crippen LogP contribution in [0.1, 0.15) is 35.6 Å². The van der Waals surface area contributed by atoms with Crippen molar-refractivity contribution in [3.05, 3.63) is 52.3 Å². The first-order valence-electron chi connectivity index (χ1n) is 7.48. The fourth-order valence-electron chi connectivity index (χ4n) is 3.08. The summed E-state index contributed by atoms with van der Waals surface area (Å²) in [5, 5.41) is 10.9. The summed E-state index contributed by atoms with van der Waals surface area (Å²) in [6, 6.07) is 5.97. The fourth-order valence-corrected chi connectivity index (χ4v) is 3.34. The third kappa shape index (κ3) is 2.56. The number of aliphatic hydroxyl groups excluding tert-OH is 1. The van der Waals surface area contributed by atoms with Crippen LogP contribution in [-0.2, 0) is 13.0 Å². The highest BCUT2D eigenvalue weighted by Gasteiger charge is 2.31.